The highest BCUT2D eigenvalue weighted by Crippen LogP contribution is 2.49. The predicted octanol–water partition coefficient (Wildman–Crippen LogP) is 2.40. The molecule has 1 saturated carbocycles. The van der Waals surface area contributed by atoms with Crippen molar-refractivity contribution in [2.45, 2.75) is 18.3 Å². The quantitative estimate of drug-likeness (QED) is 0.786. The summed E-state index contributed by atoms with van der Waals surface area (Å²) in [6, 6.07) is 4.73. The van der Waals surface area contributed by atoms with Crippen molar-refractivity contribution in [2.75, 3.05) is 6.61 Å². The van der Waals surface area contributed by atoms with Crippen LogP contribution in [0, 0.1) is 5.82 Å². The first-order chi connectivity index (χ1) is 6.68. The van der Waals surface area contributed by atoms with Crippen LogP contribution in [0.3, 0.4) is 0 Å². The summed E-state index contributed by atoms with van der Waals surface area (Å²) in [6.07, 6.45) is 1.84. The van der Waals surface area contributed by atoms with Crippen molar-refractivity contribution in [3.05, 3.63) is 34.6 Å². The van der Waals surface area contributed by atoms with E-state index in [4.69, 9.17) is 17.5 Å². The van der Waals surface area contributed by atoms with Crippen molar-refractivity contribution >= 4 is 11.6 Å². The molecule has 0 radical (unpaired) electrons. The van der Waals surface area contributed by atoms with E-state index < -0.39 is 0 Å². The van der Waals surface area contributed by atoms with E-state index in [-0.39, 0.29) is 11.2 Å². The first-order valence-electron chi connectivity index (χ1n) is 4.45. The molecule has 0 spiro atoms. The van der Waals surface area contributed by atoms with Gasteiger partial charge in [-0.1, -0.05) is 17.7 Å². The molecule has 1 fully saturated rings. The lowest BCUT2D eigenvalue weighted by Crippen LogP contribution is -2.19. The molecule has 0 saturated heterocycles. The molecule has 14 heavy (non-hydrogen) atoms. The van der Waals surface area contributed by atoms with E-state index in [1.807, 2.05) is 0 Å². The molecular formula is C10H11ClFNO. The molecule has 0 aromatic heterocycles. The smallest absolute Gasteiger partial charge is 0.128 e. The third kappa shape index (κ3) is 1.63. The third-order valence-corrected chi connectivity index (χ3v) is 2.95. The van der Waals surface area contributed by atoms with Crippen molar-refractivity contribution in [2.24, 2.45) is 5.90 Å². The maximum atomic E-state index is 13.5. The van der Waals surface area contributed by atoms with Crippen LogP contribution >= 0.6 is 11.6 Å². The summed E-state index contributed by atoms with van der Waals surface area (Å²) in [6.45, 7) is 0.367. The number of hydrogen-bond acceptors (Lipinski definition) is 2. The molecule has 1 aromatic rings. The first kappa shape index (κ1) is 9.90. The number of benzene rings is 1. The molecule has 0 bridgehead atoms. The van der Waals surface area contributed by atoms with Gasteiger partial charge in [0.25, 0.3) is 0 Å². The second-order valence-electron chi connectivity index (χ2n) is 3.72. The van der Waals surface area contributed by atoms with Gasteiger partial charge in [0.05, 0.1) is 6.61 Å². The van der Waals surface area contributed by atoms with E-state index in [1.54, 1.807) is 12.1 Å². The highest BCUT2D eigenvalue weighted by atomic mass is 35.5. The van der Waals surface area contributed by atoms with Gasteiger partial charge >= 0.3 is 0 Å². The van der Waals surface area contributed by atoms with Crippen LogP contribution in [0.4, 0.5) is 4.39 Å². The van der Waals surface area contributed by atoms with Gasteiger partial charge in [0, 0.05) is 10.4 Å². The molecule has 2 rings (SSSR count). The zero-order valence-electron chi connectivity index (χ0n) is 7.59. The van der Waals surface area contributed by atoms with Gasteiger partial charge < -0.3 is 4.84 Å². The lowest BCUT2D eigenvalue weighted by molar-refractivity contribution is 0.115. The zero-order valence-corrected chi connectivity index (χ0v) is 8.35. The highest BCUT2D eigenvalue weighted by molar-refractivity contribution is 6.30. The van der Waals surface area contributed by atoms with Crippen molar-refractivity contribution in [3.63, 3.8) is 0 Å². The second-order valence-corrected chi connectivity index (χ2v) is 4.15. The Hall–Kier alpha value is -0.640. The molecule has 0 amide bonds. The summed E-state index contributed by atoms with van der Waals surface area (Å²) in [5.74, 6) is 4.75. The first-order valence-corrected chi connectivity index (χ1v) is 4.83. The molecule has 0 heterocycles. The normalized spacial score (nSPS) is 18.2. The summed E-state index contributed by atoms with van der Waals surface area (Å²) < 4.78 is 13.5. The molecule has 76 valence electrons. The minimum absolute atomic E-state index is 0.205. The maximum absolute atomic E-state index is 13.5. The van der Waals surface area contributed by atoms with E-state index >= 15 is 0 Å². The van der Waals surface area contributed by atoms with Gasteiger partial charge in [0.1, 0.15) is 5.82 Å². The van der Waals surface area contributed by atoms with E-state index in [0.29, 0.717) is 17.2 Å². The van der Waals surface area contributed by atoms with E-state index in [9.17, 15) is 4.39 Å². The average Bonchev–Trinajstić information content (AvgIpc) is 2.86. The van der Waals surface area contributed by atoms with E-state index in [2.05, 4.69) is 4.84 Å². The van der Waals surface area contributed by atoms with E-state index in [1.165, 1.54) is 6.07 Å². The van der Waals surface area contributed by atoms with Crippen LogP contribution in [-0.2, 0) is 10.3 Å². The van der Waals surface area contributed by atoms with Gasteiger partial charge in [-0.2, -0.15) is 0 Å². The molecule has 1 aliphatic carbocycles. The molecule has 0 aliphatic heterocycles. The monoisotopic (exact) mass is 215 g/mol. The average molecular weight is 216 g/mol. The van der Waals surface area contributed by atoms with Crippen LogP contribution in [0.5, 0.6) is 0 Å². The van der Waals surface area contributed by atoms with Crippen molar-refractivity contribution in [1.29, 1.82) is 0 Å². The fourth-order valence-electron chi connectivity index (χ4n) is 1.72. The predicted molar refractivity (Wildman–Crippen MR) is 52.5 cm³/mol. The van der Waals surface area contributed by atoms with Gasteiger partial charge in [-0.3, -0.25) is 0 Å². The Kier molecular flexibility index (Phi) is 2.47. The lowest BCUT2D eigenvalue weighted by Gasteiger charge is -2.14. The largest absolute Gasteiger partial charge is 0.304 e. The van der Waals surface area contributed by atoms with Gasteiger partial charge in [-0.15, -0.1) is 0 Å². The van der Waals surface area contributed by atoms with Crippen LogP contribution in [0.25, 0.3) is 0 Å². The van der Waals surface area contributed by atoms with Crippen molar-refractivity contribution < 1.29 is 9.23 Å². The van der Waals surface area contributed by atoms with Gasteiger partial charge in [-0.25, -0.2) is 10.3 Å². The second kappa shape index (κ2) is 3.50. The van der Waals surface area contributed by atoms with Gasteiger partial charge in [0.2, 0.25) is 0 Å². The van der Waals surface area contributed by atoms with Crippen LogP contribution in [-0.4, -0.2) is 6.61 Å². The molecule has 2 N–H and O–H groups in total. The Labute approximate surface area is 86.8 Å². The third-order valence-electron chi connectivity index (χ3n) is 2.72. The van der Waals surface area contributed by atoms with Crippen LogP contribution < -0.4 is 5.90 Å². The van der Waals surface area contributed by atoms with Gasteiger partial charge in [-0.05, 0) is 30.5 Å². The Morgan fingerprint density at radius 2 is 2.21 bits per heavy atom. The molecule has 0 atom stereocenters. The number of halogens is 2. The summed E-state index contributed by atoms with van der Waals surface area (Å²) in [4.78, 5) is 4.61. The van der Waals surface area contributed by atoms with Crippen molar-refractivity contribution in [3.8, 4) is 0 Å². The highest BCUT2D eigenvalue weighted by Gasteiger charge is 2.46. The Morgan fingerprint density at radius 1 is 1.50 bits per heavy atom. The van der Waals surface area contributed by atoms with Gasteiger partial charge in [0.15, 0.2) is 0 Å². The summed E-state index contributed by atoms with van der Waals surface area (Å²) >= 11 is 5.67. The standard InChI is InChI=1S/C10H11ClFNO/c11-7-1-2-8(9(12)5-7)10(3-4-10)6-14-13/h1-2,5H,3-4,6,13H2. The van der Waals surface area contributed by atoms with E-state index in [0.717, 1.165) is 12.8 Å². The van der Waals surface area contributed by atoms with Crippen LogP contribution in [0.2, 0.25) is 5.02 Å². The molecule has 1 aromatic carbocycles. The Bertz CT molecular complexity index is 352. The minimum atomic E-state index is -0.271. The molecule has 0 unspecified atom stereocenters. The minimum Gasteiger partial charge on any atom is -0.304 e. The maximum Gasteiger partial charge on any atom is 0.128 e. The molecule has 1 aliphatic rings. The number of hydrogen-bond donors (Lipinski definition) is 1. The Morgan fingerprint density at radius 3 is 2.71 bits per heavy atom. The molecule has 2 nitrogen and oxygen atoms in total. The topological polar surface area (TPSA) is 35.2 Å². The fraction of sp³-hybridized carbons (Fsp3) is 0.400. The molecule has 4 heteroatoms. The molecular weight excluding hydrogens is 205 g/mol. The Balaban J connectivity index is 2.32. The van der Waals surface area contributed by atoms with Crippen molar-refractivity contribution in [1.82, 2.24) is 0 Å². The number of rotatable bonds is 3. The summed E-state index contributed by atoms with van der Waals surface area (Å²) in [5, 5.41) is 0.413. The lowest BCUT2D eigenvalue weighted by atomic mass is 9.96. The van der Waals surface area contributed by atoms with Crippen LogP contribution in [0.1, 0.15) is 18.4 Å². The van der Waals surface area contributed by atoms with Crippen LogP contribution in [0.15, 0.2) is 18.2 Å². The summed E-state index contributed by atoms with van der Waals surface area (Å²) in [5.41, 5.74) is 0.455. The fourth-order valence-corrected chi connectivity index (χ4v) is 1.88. The zero-order chi connectivity index (χ0) is 10.2. The SMILES string of the molecule is NOCC1(c2ccc(Cl)cc2F)CC1. The number of nitrogens with two attached hydrogens (primary N) is 1. The summed E-state index contributed by atoms with van der Waals surface area (Å²) in [7, 11) is 0.